The molecular formula is C26H38Cl2N6O2. The number of hydrogen-bond donors (Lipinski definition) is 4. The minimum atomic E-state index is 0. The zero-order valence-electron chi connectivity index (χ0n) is 20.7. The lowest BCUT2D eigenvalue weighted by Crippen LogP contribution is -2.05. The summed E-state index contributed by atoms with van der Waals surface area (Å²) in [6.07, 6.45) is 4.61. The predicted octanol–water partition coefficient (Wildman–Crippen LogP) is 4.84. The van der Waals surface area contributed by atoms with Gasteiger partial charge in [0.2, 0.25) is 0 Å². The molecular weight excluding hydrogens is 499 g/mol. The number of aromatic nitrogens is 2. The summed E-state index contributed by atoms with van der Waals surface area (Å²) >= 11 is 0. The van der Waals surface area contributed by atoms with Crippen LogP contribution in [0.5, 0.6) is 0 Å². The minimum Gasteiger partial charge on any atom is -0.412 e. The lowest BCUT2D eigenvalue weighted by atomic mass is 10.1. The zero-order valence-corrected chi connectivity index (χ0v) is 22.4. The van der Waals surface area contributed by atoms with E-state index in [2.05, 4.69) is 32.7 Å². The standard InChI is InChI=1S/C26H32N6.2ClH.2H2O/c1-17-13-25(21-15-19(27)7-9-23(21)31-17)29-11-5-3-4-6-12-30-26-14-18(2)32-24-10-8-20(28)16-22(24)26;;;;/h7-10,13-16H,3-6,11-12,27-28H2,1-2H3,(H,29,31)(H,30,32);2*1H;2*1H2. The van der Waals surface area contributed by atoms with E-state index in [1.807, 2.05) is 50.2 Å². The smallest absolute Gasteiger partial charge is 0.0727 e. The number of nitrogen functional groups attached to an aromatic ring is 2. The van der Waals surface area contributed by atoms with Gasteiger partial charge in [-0.3, -0.25) is 9.97 Å². The van der Waals surface area contributed by atoms with Crippen LogP contribution < -0.4 is 22.1 Å². The molecule has 10 heteroatoms. The molecule has 8 nitrogen and oxygen atoms in total. The van der Waals surface area contributed by atoms with Gasteiger partial charge in [0.1, 0.15) is 0 Å². The number of anilines is 4. The number of fused-ring (bicyclic) bond motifs is 2. The van der Waals surface area contributed by atoms with Crippen LogP contribution in [0.15, 0.2) is 48.5 Å². The number of unbranched alkanes of at least 4 members (excludes halogenated alkanes) is 3. The Balaban J connectivity index is 0.00000306. The molecule has 0 radical (unpaired) electrons. The Labute approximate surface area is 224 Å². The van der Waals surface area contributed by atoms with E-state index in [0.29, 0.717) is 0 Å². The van der Waals surface area contributed by atoms with Gasteiger partial charge in [-0.2, -0.15) is 0 Å². The maximum absolute atomic E-state index is 5.97. The van der Waals surface area contributed by atoms with Crippen LogP contribution in [0, 0.1) is 13.8 Å². The third-order valence-electron chi connectivity index (χ3n) is 5.66. The molecule has 2 aromatic carbocycles. The van der Waals surface area contributed by atoms with Crippen LogP contribution in [0.2, 0.25) is 0 Å². The largest absolute Gasteiger partial charge is 0.412 e. The molecule has 0 aliphatic rings. The van der Waals surface area contributed by atoms with Crippen LogP contribution in [0.25, 0.3) is 21.8 Å². The Morgan fingerprint density at radius 2 is 1.00 bits per heavy atom. The molecule has 36 heavy (non-hydrogen) atoms. The highest BCUT2D eigenvalue weighted by Gasteiger charge is 2.06. The van der Waals surface area contributed by atoms with Crippen molar-refractivity contribution in [3.05, 3.63) is 59.9 Å². The molecule has 0 spiro atoms. The molecule has 4 aromatic rings. The molecule has 4 rings (SSSR count). The molecule has 0 bridgehead atoms. The van der Waals surface area contributed by atoms with Crippen LogP contribution in [0.3, 0.4) is 0 Å². The fourth-order valence-corrected chi connectivity index (χ4v) is 4.09. The van der Waals surface area contributed by atoms with Gasteiger partial charge < -0.3 is 33.1 Å². The maximum atomic E-state index is 5.97. The van der Waals surface area contributed by atoms with Gasteiger partial charge >= 0.3 is 0 Å². The second kappa shape index (κ2) is 15.2. The van der Waals surface area contributed by atoms with Crippen LogP contribution in [-0.4, -0.2) is 34.0 Å². The van der Waals surface area contributed by atoms with E-state index in [4.69, 9.17) is 11.5 Å². The van der Waals surface area contributed by atoms with Gasteiger partial charge in [-0.25, -0.2) is 0 Å². The van der Waals surface area contributed by atoms with Crippen molar-refractivity contribution in [2.75, 3.05) is 35.2 Å². The molecule has 0 aliphatic carbocycles. The first-order valence-electron chi connectivity index (χ1n) is 11.3. The number of halogens is 2. The van der Waals surface area contributed by atoms with Crippen LogP contribution in [0.4, 0.5) is 22.7 Å². The fraction of sp³-hybridized carbons (Fsp3) is 0.308. The highest BCUT2D eigenvalue weighted by molar-refractivity contribution is 5.94. The van der Waals surface area contributed by atoms with Gasteiger partial charge in [0, 0.05) is 58.0 Å². The van der Waals surface area contributed by atoms with Gasteiger partial charge in [-0.05, 0) is 75.2 Å². The second-order valence-electron chi connectivity index (χ2n) is 8.44. The molecule has 0 fully saturated rings. The first kappa shape index (κ1) is 33.0. The summed E-state index contributed by atoms with van der Waals surface area (Å²) in [6, 6.07) is 15.9. The number of rotatable bonds is 9. The van der Waals surface area contributed by atoms with Gasteiger partial charge in [-0.15, -0.1) is 24.8 Å². The predicted molar refractivity (Wildman–Crippen MR) is 159 cm³/mol. The van der Waals surface area contributed by atoms with Crippen molar-refractivity contribution < 1.29 is 11.0 Å². The summed E-state index contributed by atoms with van der Waals surface area (Å²) in [7, 11) is 0. The first-order chi connectivity index (χ1) is 15.5. The Morgan fingerprint density at radius 3 is 1.39 bits per heavy atom. The Bertz CT molecular complexity index is 1160. The molecule has 2 heterocycles. The van der Waals surface area contributed by atoms with Crippen molar-refractivity contribution in [1.82, 2.24) is 9.97 Å². The van der Waals surface area contributed by atoms with E-state index in [9.17, 15) is 0 Å². The van der Waals surface area contributed by atoms with Gasteiger partial charge in [0.15, 0.2) is 0 Å². The molecule has 0 atom stereocenters. The van der Waals surface area contributed by atoms with E-state index in [0.717, 1.165) is 81.9 Å². The van der Waals surface area contributed by atoms with Crippen molar-refractivity contribution in [3.63, 3.8) is 0 Å². The van der Waals surface area contributed by atoms with E-state index in [-0.39, 0.29) is 35.8 Å². The number of aryl methyl sites for hydroxylation is 2. The lowest BCUT2D eigenvalue weighted by Gasteiger charge is -2.12. The van der Waals surface area contributed by atoms with Gasteiger partial charge in [0.25, 0.3) is 0 Å². The summed E-state index contributed by atoms with van der Waals surface area (Å²) in [6.45, 7) is 5.92. The minimum absolute atomic E-state index is 0. The quantitative estimate of drug-likeness (QED) is 0.176. The normalized spacial score (nSPS) is 9.94. The maximum Gasteiger partial charge on any atom is 0.0727 e. The summed E-state index contributed by atoms with van der Waals surface area (Å²) in [4.78, 5) is 9.19. The van der Waals surface area contributed by atoms with Crippen LogP contribution in [-0.2, 0) is 0 Å². The number of nitrogens with zero attached hydrogens (tertiary/aromatic N) is 2. The van der Waals surface area contributed by atoms with E-state index in [1.165, 1.54) is 12.8 Å². The van der Waals surface area contributed by atoms with Crippen molar-refractivity contribution in [2.24, 2.45) is 0 Å². The SMILES string of the molecule is Cc1cc(NCCCCCCNc2cc(C)nc3ccc(N)cc23)c2cc(N)ccc2n1.Cl.Cl.O.O. The van der Waals surface area contributed by atoms with Crippen molar-refractivity contribution in [3.8, 4) is 0 Å². The fourth-order valence-electron chi connectivity index (χ4n) is 4.09. The number of benzene rings is 2. The Morgan fingerprint density at radius 1 is 0.611 bits per heavy atom. The molecule has 0 aliphatic heterocycles. The molecule has 2 aromatic heterocycles. The molecule has 0 amide bonds. The third-order valence-corrected chi connectivity index (χ3v) is 5.66. The third kappa shape index (κ3) is 8.27. The first-order valence-corrected chi connectivity index (χ1v) is 11.3. The topological polar surface area (TPSA) is 165 Å². The Kier molecular flexibility index (Phi) is 13.9. The second-order valence-corrected chi connectivity index (χ2v) is 8.44. The van der Waals surface area contributed by atoms with Gasteiger partial charge in [0.05, 0.1) is 11.0 Å². The monoisotopic (exact) mass is 536 g/mol. The molecule has 0 saturated carbocycles. The average Bonchev–Trinajstić information content (AvgIpc) is 2.76. The van der Waals surface area contributed by atoms with E-state index >= 15 is 0 Å². The number of hydrogen-bond acceptors (Lipinski definition) is 6. The van der Waals surface area contributed by atoms with Crippen molar-refractivity contribution in [1.29, 1.82) is 0 Å². The lowest BCUT2D eigenvalue weighted by molar-refractivity contribution is 0.671. The highest BCUT2D eigenvalue weighted by atomic mass is 35.5. The van der Waals surface area contributed by atoms with E-state index < -0.39 is 0 Å². The summed E-state index contributed by atoms with van der Waals surface area (Å²) < 4.78 is 0. The molecule has 10 N–H and O–H groups in total. The molecule has 0 saturated heterocycles. The Hall–Kier alpha value is -3.04. The van der Waals surface area contributed by atoms with Gasteiger partial charge in [-0.1, -0.05) is 12.8 Å². The van der Waals surface area contributed by atoms with Crippen molar-refractivity contribution >= 4 is 69.4 Å². The number of pyridine rings is 2. The summed E-state index contributed by atoms with van der Waals surface area (Å²) in [5.74, 6) is 0. The molecule has 0 unspecified atom stereocenters. The van der Waals surface area contributed by atoms with E-state index in [1.54, 1.807) is 0 Å². The summed E-state index contributed by atoms with van der Waals surface area (Å²) in [5.41, 5.74) is 19.7. The van der Waals surface area contributed by atoms with Crippen LogP contribution >= 0.6 is 24.8 Å². The summed E-state index contributed by atoms with van der Waals surface area (Å²) in [5, 5.41) is 9.32. The number of nitrogens with one attached hydrogen (secondary N) is 2. The average molecular weight is 538 g/mol. The van der Waals surface area contributed by atoms with Crippen molar-refractivity contribution in [2.45, 2.75) is 39.5 Å². The van der Waals surface area contributed by atoms with Crippen LogP contribution in [0.1, 0.15) is 37.1 Å². The zero-order chi connectivity index (χ0) is 22.5. The molecule has 198 valence electrons. The highest BCUT2D eigenvalue weighted by Crippen LogP contribution is 2.26. The number of nitrogens with two attached hydrogens (primary N) is 2.